The molecule has 0 atom stereocenters. The molecular formula is C22H20N4O3. The summed E-state index contributed by atoms with van der Waals surface area (Å²) in [6.45, 7) is 2.71. The maximum absolute atomic E-state index is 12.5. The average molecular weight is 388 g/mol. The summed E-state index contributed by atoms with van der Waals surface area (Å²) in [5.41, 5.74) is 3.58. The molecule has 0 saturated heterocycles. The minimum absolute atomic E-state index is 0.265. The van der Waals surface area contributed by atoms with E-state index >= 15 is 0 Å². The normalized spacial score (nSPS) is 14.8. The molecule has 0 fully saturated rings. The van der Waals surface area contributed by atoms with Gasteiger partial charge in [0.15, 0.2) is 23.0 Å². The first kappa shape index (κ1) is 17.5. The van der Waals surface area contributed by atoms with Crippen molar-refractivity contribution in [3.05, 3.63) is 71.4 Å². The maximum atomic E-state index is 12.5. The van der Waals surface area contributed by atoms with Gasteiger partial charge >= 0.3 is 0 Å². The predicted molar refractivity (Wildman–Crippen MR) is 109 cm³/mol. The Morgan fingerprint density at radius 3 is 2.59 bits per heavy atom. The number of carbonyl (C=O) groups is 1. The molecule has 2 aliphatic heterocycles. The third kappa shape index (κ3) is 3.59. The van der Waals surface area contributed by atoms with Crippen molar-refractivity contribution in [1.82, 2.24) is 10.2 Å². The fourth-order valence-electron chi connectivity index (χ4n) is 3.62. The summed E-state index contributed by atoms with van der Waals surface area (Å²) in [7, 11) is 0. The third-order valence-electron chi connectivity index (χ3n) is 5.14. The third-order valence-corrected chi connectivity index (χ3v) is 5.14. The van der Waals surface area contributed by atoms with Gasteiger partial charge in [0.1, 0.15) is 13.2 Å². The van der Waals surface area contributed by atoms with Crippen LogP contribution in [-0.2, 0) is 13.0 Å². The van der Waals surface area contributed by atoms with Gasteiger partial charge in [-0.1, -0.05) is 24.3 Å². The van der Waals surface area contributed by atoms with Crippen LogP contribution in [0.25, 0.3) is 0 Å². The highest BCUT2D eigenvalue weighted by molar-refractivity contribution is 6.03. The molecular weight excluding hydrogens is 368 g/mol. The first-order valence-electron chi connectivity index (χ1n) is 9.63. The molecule has 0 radical (unpaired) electrons. The molecule has 5 rings (SSSR count). The molecule has 0 aliphatic carbocycles. The molecule has 2 aromatic carbocycles. The zero-order valence-corrected chi connectivity index (χ0v) is 15.8. The van der Waals surface area contributed by atoms with Crippen molar-refractivity contribution in [3.8, 4) is 11.5 Å². The minimum atomic E-state index is -0.315. The van der Waals surface area contributed by atoms with Crippen molar-refractivity contribution in [2.45, 2.75) is 13.0 Å². The number of hydrogen-bond donors (Lipinski definition) is 1. The van der Waals surface area contributed by atoms with Crippen LogP contribution >= 0.6 is 0 Å². The Bertz CT molecular complexity index is 1050. The number of ether oxygens (including phenoxy) is 2. The van der Waals surface area contributed by atoms with Gasteiger partial charge in [0, 0.05) is 24.8 Å². The van der Waals surface area contributed by atoms with E-state index in [4.69, 9.17) is 9.47 Å². The van der Waals surface area contributed by atoms with Crippen LogP contribution in [0.15, 0.2) is 54.6 Å². The van der Waals surface area contributed by atoms with Gasteiger partial charge in [0.25, 0.3) is 5.91 Å². The first-order chi connectivity index (χ1) is 14.3. The SMILES string of the molecule is O=C(Nc1ccc2c(c1)OCCO2)c1ccc(N2CCc3ccccc3C2)nn1. The van der Waals surface area contributed by atoms with E-state index in [1.54, 1.807) is 24.3 Å². The number of anilines is 2. The molecule has 0 spiro atoms. The number of nitrogens with zero attached hydrogens (tertiary/aromatic N) is 3. The Balaban J connectivity index is 1.27. The smallest absolute Gasteiger partial charge is 0.276 e. The lowest BCUT2D eigenvalue weighted by Crippen LogP contribution is -2.31. The molecule has 0 bridgehead atoms. The summed E-state index contributed by atoms with van der Waals surface area (Å²) in [6.07, 6.45) is 0.976. The number of amides is 1. The Hall–Kier alpha value is -3.61. The van der Waals surface area contributed by atoms with Crippen LogP contribution in [0.1, 0.15) is 21.6 Å². The van der Waals surface area contributed by atoms with E-state index in [0.717, 1.165) is 25.3 Å². The Morgan fingerprint density at radius 2 is 1.76 bits per heavy atom. The number of benzene rings is 2. The van der Waals surface area contributed by atoms with Gasteiger partial charge in [-0.05, 0) is 41.8 Å². The molecule has 146 valence electrons. The Labute approximate surface area is 168 Å². The maximum Gasteiger partial charge on any atom is 0.276 e. The van der Waals surface area contributed by atoms with Gasteiger partial charge in [-0.3, -0.25) is 4.79 Å². The summed E-state index contributed by atoms with van der Waals surface area (Å²) in [6, 6.07) is 17.3. The Morgan fingerprint density at radius 1 is 0.931 bits per heavy atom. The number of fused-ring (bicyclic) bond motifs is 2. The van der Waals surface area contributed by atoms with Gasteiger partial charge in [0.05, 0.1) is 0 Å². The number of carbonyl (C=O) groups excluding carboxylic acids is 1. The van der Waals surface area contributed by atoms with Crippen LogP contribution in [0, 0.1) is 0 Å². The van der Waals surface area contributed by atoms with Crippen LogP contribution in [0.3, 0.4) is 0 Å². The summed E-state index contributed by atoms with van der Waals surface area (Å²) >= 11 is 0. The van der Waals surface area contributed by atoms with E-state index in [0.29, 0.717) is 30.4 Å². The van der Waals surface area contributed by atoms with E-state index in [2.05, 4.69) is 44.7 Å². The number of aromatic nitrogens is 2. The second-order valence-electron chi connectivity index (χ2n) is 7.03. The molecule has 0 saturated carbocycles. The zero-order chi connectivity index (χ0) is 19.6. The summed E-state index contributed by atoms with van der Waals surface area (Å²) in [5, 5.41) is 11.2. The highest BCUT2D eigenvalue weighted by Gasteiger charge is 2.18. The molecule has 7 heteroatoms. The van der Waals surface area contributed by atoms with Crippen molar-refractivity contribution in [1.29, 1.82) is 0 Å². The average Bonchev–Trinajstić information content (AvgIpc) is 2.79. The van der Waals surface area contributed by atoms with E-state index in [1.807, 2.05) is 6.07 Å². The van der Waals surface area contributed by atoms with Crippen molar-refractivity contribution in [2.75, 3.05) is 30.0 Å². The number of rotatable bonds is 3. The van der Waals surface area contributed by atoms with Gasteiger partial charge < -0.3 is 19.7 Å². The highest BCUT2D eigenvalue weighted by atomic mass is 16.6. The molecule has 1 amide bonds. The molecule has 0 unspecified atom stereocenters. The Kier molecular flexibility index (Phi) is 4.48. The van der Waals surface area contributed by atoms with Gasteiger partial charge in [-0.2, -0.15) is 0 Å². The molecule has 1 N–H and O–H groups in total. The fraction of sp³-hybridized carbons (Fsp3) is 0.227. The molecule has 2 aliphatic rings. The van der Waals surface area contributed by atoms with E-state index in [-0.39, 0.29) is 11.6 Å². The number of nitrogens with one attached hydrogen (secondary N) is 1. The van der Waals surface area contributed by atoms with Crippen molar-refractivity contribution < 1.29 is 14.3 Å². The molecule has 3 heterocycles. The molecule has 3 aromatic rings. The predicted octanol–water partition coefficient (Wildman–Crippen LogP) is 3.06. The topological polar surface area (TPSA) is 76.6 Å². The second kappa shape index (κ2) is 7.43. The number of hydrogen-bond acceptors (Lipinski definition) is 6. The summed E-state index contributed by atoms with van der Waals surface area (Å²) < 4.78 is 11.0. The van der Waals surface area contributed by atoms with Crippen LogP contribution in [0.5, 0.6) is 11.5 Å². The van der Waals surface area contributed by atoms with Crippen LogP contribution in [0.2, 0.25) is 0 Å². The van der Waals surface area contributed by atoms with Crippen molar-refractivity contribution >= 4 is 17.4 Å². The quantitative estimate of drug-likeness (QED) is 0.743. The lowest BCUT2D eigenvalue weighted by Gasteiger charge is -2.29. The van der Waals surface area contributed by atoms with Crippen molar-refractivity contribution in [2.24, 2.45) is 0 Å². The summed E-state index contributed by atoms with van der Waals surface area (Å²) in [5.74, 6) is 1.77. The van der Waals surface area contributed by atoms with Crippen LogP contribution in [0.4, 0.5) is 11.5 Å². The van der Waals surface area contributed by atoms with Crippen LogP contribution < -0.4 is 19.7 Å². The van der Waals surface area contributed by atoms with E-state index in [1.165, 1.54) is 11.1 Å². The largest absolute Gasteiger partial charge is 0.486 e. The fourth-order valence-corrected chi connectivity index (χ4v) is 3.62. The minimum Gasteiger partial charge on any atom is -0.486 e. The highest BCUT2D eigenvalue weighted by Crippen LogP contribution is 2.32. The first-order valence-corrected chi connectivity index (χ1v) is 9.63. The van der Waals surface area contributed by atoms with E-state index < -0.39 is 0 Å². The summed E-state index contributed by atoms with van der Waals surface area (Å²) in [4.78, 5) is 14.7. The van der Waals surface area contributed by atoms with Gasteiger partial charge in [-0.25, -0.2) is 0 Å². The van der Waals surface area contributed by atoms with E-state index in [9.17, 15) is 4.79 Å². The van der Waals surface area contributed by atoms with Crippen LogP contribution in [-0.4, -0.2) is 35.9 Å². The lowest BCUT2D eigenvalue weighted by molar-refractivity contribution is 0.102. The molecule has 7 nitrogen and oxygen atoms in total. The zero-order valence-electron chi connectivity index (χ0n) is 15.8. The van der Waals surface area contributed by atoms with Gasteiger partial charge in [0.2, 0.25) is 0 Å². The monoisotopic (exact) mass is 388 g/mol. The standard InChI is InChI=1S/C22H20N4O3/c27-22(23-17-5-7-19-20(13-17)29-12-11-28-19)18-6-8-21(25-24-18)26-10-9-15-3-1-2-4-16(15)14-26/h1-8,13H,9-12,14H2,(H,23,27). The second-order valence-corrected chi connectivity index (χ2v) is 7.03. The van der Waals surface area contributed by atoms with Gasteiger partial charge in [-0.15, -0.1) is 10.2 Å². The van der Waals surface area contributed by atoms with Crippen molar-refractivity contribution in [3.63, 3.8) is 0 Å². The lowest BCUT2D eigenvalue weighted by atomic mass is 10.00. The molecule has 29 heavy (non-hydrogen) atoms. The molecule has 1 aromatic heterocycles.